The molecule has 0 saturated carbocycles. The number of carbonyl (C=O) groups excluding carboxylic acids is 1. The first-order valence-electron chi connectivity index (χ1n) is 5.42. The van der Waals surface area contributed by atoms with Crippen molar-refractivity contribution in [2.45, 2.75) is 0 Å². The van der Waals surface area contributed by atoms with Crippen LogP contribution >= 0.6 is 0 Å². The summed E-state index contributed by atoms with van der Waals surface area (Å²) in [4.78, 5) is 21.2. The molecule has 0 aliphatic heterocycles. The lowest BCUT2D eigenvalue weighted by Crippen LogP contribution is -2.33. The largest absolute Gasteiger partial charge is 0.484 e. The predicted molar refractivity (Wildman–Crippen MR) is 65.5 cm³/mol. The van der Waals surface area contributed by atoms with Crippen molar-refractivity contribution in [2.75, 3.05) is 26.7 Å². The number of hydrogen-bond acceptors (Lipinski definition) is 5. The summed E-state index contributed by atoms with van der Waals surface area (Å²) in [6.07, 6.45) is 0. The van der Waals surface area contributed by atoms with Gasteiger partial charge in [-0.2, -0.15) is 0 Å². The van der Waals surface area contributed by atoms with E-state index in [2.05, 4.69) is 10.6 Å². The molecule has 1 aromatic rings. The Kier molecular flexibility index (Phi) is 5.59. The van der Waals surface area contributed by atoms with Crippen LogP contribution < -0.4 is 15.4 Å². The van der Waals surface area contributed by atoms with Crippen molar-refractivity contribution in [2.24, 2.45) is 0 Å². The predicted octanol–water partition coefficient (Wildman–Crippen LogP) is 0.309. The highest BCUT2D eigenvalue weighted by Crippen LogP contribution is 2.16. The van der Waals surface area contributed by atoms with Crippen molar-refractivity contribution in [3.05, 3.63) is 34.4 Å². The van der Waals surface area contributed by atoms with E-state index in [9.17, 15) is 14.9 Å². The number of non-ortho nitro benzene ring substituents is 1. The van der Waals surface area contributed by atoms with E-state index in [1.807, 2.05) is 0 Å². The molecule has 0 unspecified atom stereocenters. The second-order valence-corrected chi connectivity index (χ2v) is 3.49. The first-order valence-corrected chi connectivity index (χ1v) is 5.42. The van der Waals surface area contributed by atoms with Gasteiger partial charge in [-0.05, 0) is 19.2 Å². The molecule has 0 saturated heterocycles. The molecular formula is C11H15N3O4. The van der Waals surface area contributed by atoms with Crippen molar-refractivity contribution in [1.82, 2.24) is 10.6 Å². The third kappa shape index (κ3) is 4.79. The summed E-state index contributed by atoms with van der Waals surface area (Å²) in [7, 11) is 1.79. The molecule has 7 heteroatoms. The second-order valence-electron chi connectivity index (χ2n) is 3.49. The number of nitrogens with zero attached hydrogens (tertiary/aromatic N) is 1. The summed E-state index contributed by atoms with van der Waals surface area (Å²) in [5.74, 6) is 0.188. The molecule has 0 bridgehead atoms. The minimum atomic E-state index is -0.492. The molecule has 0 aromatic heterocycles. The maximum Gasteiger partial charge on any atom is 0.269 e. The summed E-state index contributed by atoms with van der Waals surface area (Å²) in [6, 6.07) is 5.57. The van der Waals surface area contributed by atoms with Crippen LogP contribution in [0.15, 0.2) is 24.3 Å². The number of carbonyl (C=O) groups is 1. The maximum atomic E-state index is 11.3. The zero-order chi connectivity index (χ0) is 13.4. The maximum absolute atomic E-state index is 11.3. The molecule has 1 amide bonds. The van der Waals surface area contributed by atoms with Crippen LogP contribution in [-0.2, 0) is 4.79 Å². The second kappa shape index (κ2) is 7.23. The lowest BCUT2D eigenvalue weighted by Gasteiger charge is -2.06. The van der Waals surface area contributed by atoms with Gasteiger partial charge in [-0.1, -0.05) is 0 Å². The normalized spacial score (nSPS) is 9.83. The third-order valence-electron chi connectivity index (χ3n) is 2.11. The van der Waals surface area contributed by atoms with E-state index >= 15 is 0 Å². The Hall–Kier alpha value is -2.15. The quantitative estimate of drug-likeness (QED) is 0.414. The standard InChI is InChI=1S/C11H15N3O4/c1-12-6-7-13-11(15)8-18-10-4-2-9(3-5-10)14(16)17/h2-5,12H,6-8H2,1H3,(H,13,15). The summed E-state index contributed by atoms with van der Waals surface area (Å²) in [5, 5.41) is 16.0. The average Bonchev–Trinajstić information content (AvgIpc) is 2.37. The monoisotopic (exact) mass is 253 g/mol. The lowest BCUT2D eigenvalue weighted by atomic mass is 10.3. The molecule has 0 spiro atoms. The van der Waals surface area contributed by atoms with Crippen LogP contribution in [0.5, 0.6) is 5.75 Å². The number of rotatable bonds is 7. The minimum Gasteiger partial charge on any atom is -0.484 e. The van der Waals surface area contributed by atoms with Crippen molar-refractivity contribution in [1.29, 1.82) is 0 Å². The highest BCUT2D eigenvalue weighted by atomic mass is 16.6. The van der Waals surface area contributed by atoms with E-state index in [1.165, 1.54) is 24.3 Å². The molecule has 0 aliphatic carbocycles. The lowest BCUT2D eigenvalue weighted by molar-refractivity contribution is -0.384. The van der Waals surface area contributed by atoms with Gasteiger partial charge in [0.05, 0.1) is 4.92 Å². The molecule has 18 heavy (non-hydrogen) atoms. The molecule has 98 valence electrons. The number of likely N-dealkylation sites (N-methyl/N-ethyl adjacent to an activating group) is 1. The Bertz CT molecular complexity index is 405. The Balaban J connectivity index is 2.34. The first kappa shape index (κ1) is 13.9. The van der Waals surface area contributed by atoms with Crippen molar-refractivity contribution < 1.29 is 14.5 Å². The highest BCUT2D eigenvalue weighted by molar-refractivity contribution is 5.77. The van der Waals surface area contributed by atoms with E-state index in [0.29, 0.717) is 18.8 Å². The van der Waals surface area contributed by atoms with E-state index in [-0.39, 0.29) is 18.2 Å². The SMILES string of the molecule is CNCCNC(=O)COc1ccc([N+](=O)[O-])cc1. The smallest absolute Gasteiger partial charge is 0.269 e. The van der Waals surface area contributed by atoms with E-state index in [1.54, 1.807) is 7.05 Å². The van der Waals surface area contributed by atoms with Gasteiger partial charge in [0.2, 0.25) is 0 Å². The molecule has 0 aliphatic rings. The average molecular weight is 253 g/mol. The fourth-order valence-corrected chi connectivity index (χ4v) is 1.19. The van der Waals surface area contributed by atoms with Gasteiger partial charge in [0.15, 0.2) is 6.61 Å². The number of benzene rings is 1. The number of nitro benzene ring substituents is 1. The molecule has 1 aromatic carbocycles. The highest BCUT2D eigenvalue weighted by Gasteiger charge is 2.05. The Morgan fingerprint density at radius 1 is 1.33 bits per heavy atom. The van der Waals surface area contributed by atoms with Crippen LogP contribution in [0.2, 0.25) is 0 Å². The number of nitro groups is 1. The van der Waals surface area contributed by atoms with Crippen molar-refractivity contribution >= 4 is 11.6 Å². The number of amides is 1. The van der Waals surface area contributed by atoms with Crippen LogP contribution in [0.3, 0.4) is 0 Å². The van der Waals surface area contributed by atoms with Crippen molar-refractivity contribution in [3.8, 4) is 5.75 Å². The van der Waals surface area contributed by atoms with Gasteiger partial charge < -0.3 is 15.4 Å². The number of hydrogen-bond donors (Lipinski definition) is 2. The molecular weight excluding hydrogens is 238 g/mol. The molecule has 7 nitrogen and oxygen atoms in total. The first-order chi connectivity index (χ1) is 8.63. The minimum absolute atomic E-state index is 0.0131. The van der Waals surface area contributed by atoms with Gasteiger partial charge in [-0.15, -0.1) is 0 Å². The molecule has 0 heterocycles. The van der Waals surface area contributed by atoms with Gasteiger partial charge in [-0.25, -0.2) is 0 Å². The topological polar surface area (TPSA) is 93.5 Å². The molecule has 0 atom stereocenters. The Morgan fingerprint density at radius 3 is 2.56 bits per heavy atom. The fourth-order valence-electron chi connectivity index (χ4n) is 1.19. The third-order valence-corrected chi connectivity index (χ3v) is 2.11. The van der Waals surface area contributed by atoms with Crippen LogP contribution in [0.25, 0.3) is 0 Å². The van der Waals surface area contributed by atoms with Gasteiger partial charge in [0.25, 0.3) is 11.6 Å². The van der Waals surface area contributed by atoms with Crippen molar-refractivity contribution in [3.63, 3.8) is 0 Å². The van der Waals surface area contributed by atoms with Crippen LogP contribution in [-0.4, -0.2) is 37.6 Å². The summed E-state index contributed by atoms with van der Waals surface area (Å²) in [5.41, 5.74) is -0.0131. The zero-order valence-corrected chi connectivity index (χ0v) is 10.0. The Morgan fingerprint density at radius 2 is 2.00 bits per heavy atom. The van der Waals surface area contributed by atoms with Gasteiger partial charge in [-0.3, -0.25) is 14.9 Å². The molecule has 2 N–H and O–H groups in total. The fraction of sp³-hybridized carbons (Fsp3) is 0.364. The number of ether oxygens (including phenoxy) is 1. The zero-order valence-electron chi connectivity index (χ0n) is 10.0. The molecule has 0 fully saturated rings. The van der Waals surface area contributed by atoms with E-state index in [0.717, 1.165) is 0 Å². The van der Waals surface area contributed by atoms with Crippen LogP contribution in [0.1, 0.15) is 0 Å². The van der Waals surface area contributed by atoms with Gasteiger partial charge in [0.1, 0.15) is 5.75 Å². The summed E-state index contributed by atoms with van der Waals surface area (Å²) in [6.45, 7) is 1.10. The van der Waals surface area contributed by atoms with Crippen LogP contribution in [0, 0.1) is 10.1 Å². The van der Waals surface area contributed by atoms with Gasteiger partial charge in [0, 0.05) is 25.2 Å². The van der Waals surface area contributed by atoms with Crippen LogP contribution in [0.4, 0.5) is 5.69 Å². The Labute approximate surface area is 104 Å². The van der Waals surface area contributed by atoms with E-state index < -0.39 is 4.92 Å². The van der Waals surface area contributed by atoms with Gasteiger partial charge >= 0.3 is 0 Å². The number of nitrogens with one attached hydrogen (secondary N) is 2. The summed E-state index contributed by atoms with van der Waals surface area (Å²) < 4.78 is 5.18. The van der Waals surface area contributed by atoms with E-state index in [4.69, 9.17) is 4.74 Å². The molecule has 1 rings (SSSR count). The summed E-state index contributed by atoms with van der Waals surface area (Å²) >= 11 is 0. The molecule has 0 radical (unpaired) electrons.